The first-order chi connectivity index (χ1) is 9.41. The first-order valence-electron chi connectivity index (χ1n) is 7.36. The highest BCUT2D eigenvalue weighted by atomic mass is 16.5. The van der Waals surface area contributed by atoms with Gasteiger partial charge in [0.15, 0.2) is 0 Å². The third-order valence-electron chi connectivity index (χ3n) is 2.39. The zero-order chi connectivity index (χ0) is 14.0. The van der Waals surface area contributed by atoms with Crippen molar-refractivity contribution in [1.82, 2.24) is 5.32 Å². The molecule has 5 heteroatoms. The Morgan fingerprint density at radius 2 is 1.00 bits per heavy atom. The van der Waals surface area contributed by atoms with Gasteiger partial charge < -0.3 is 18.9 Å². The molecule has 19 heavy (non-hydrogen) atoms. The van der Waals surface area contributed by atoms with E-state index in [1.165, 1.54) is 0 Å². The van der Waals surface area contributed by atoms with Gasteiger partial charge in [0.2, 0.25) is 0 Å². The molecule has 0 saturated carbocycles. The minimum atomic E-state index is 0.369. The Hall–Kier alpha value is -0.200. The quantitative estimate of drug-likeness (QED) is 0.405. The predicted molar refractivity (Wildman–Crippen MR) is 75.2 cm³/mol. The molecule has 0 aliphatic carbocycles. The van der Waals surface area contributed by atoms with Crippen LogP contribution in [0.4, 0.5) is 0 Å². The maximum Gasteiger partial charge on any atom is 0.115 e. The molecule has 0 unspecified atom stereocenters. The Balaban J connectivity index is 2.88. The van der Waals surface area contributed by atoms with Crippen molar-refractivity contribution in [2.24, 2.45) is 0 Å². The smallest absolute Gasteiger partial charge is 0.115 e. The van der Waals surface area contributed by atoms with Gasteiger partial charge in [-0.2, -0.15) is 5.32 Å². The molecule has 0 rings (SSSR count). The van der Waals surface area contributed by atoms with Crippen LogP contribution in [0.15, 0.2) is 0 Å². The lowest BCUT2D eigenvalue weighted by Crippen LogP contribution is -2.18. The third kappa shape index (κ3) is 17.8. The normalized spacial score (nSPS) is 11.1. The van der Waals surface area contributed by atoms with E-state index >= 15 is 0 Å². The SMILES string of the molecule is CCCCOCCOC[N]COCCOCCCC. The minimum absolute atomic E-state index is 0.369. The van der Waals surface area contributed by atoms with E-state index in [4.69, 9.17) is 18.9 Å². The van der Waals surface area contributed by atoms with Crippen LogP contribution in [0.2, 0.25) is 0 Å². The van der Waals surface area contributed by atoms with Crippen LogP contribution < -0.4 is 5.32 Å². The summed E-state index contributed by atoms with van der Waals surface area (Å²) in [6.45, 7) is 9.13. The second kappa shape index (κ2) is 17.8. The van der Waals surface area contributed by atoms with Gasteiger partial charge in [0.05, 0.1) is 26.4 Å². The lowest BCUT2D eigenvalue weighted by atomic mass is 10.4. The van der Waals surface area contributed by atoms with Gasteiger partial charge in [-0.25, -0.2) is 0 Å². The van der Waals surface area contributed by atoms with Crippen molar-refractivity contribution in [2.75, 3.05) is 53.1 Å². The fourth-order valence-electron chi connectivity index (χ4n) is 1.23. The highest BCUT2D eigenvalue weighted by molar-refractivity contribution is 4.35. The van der Waals surface area contributed by atoms with Gasteiger partial charge in [-0.15, -0.1) is 0 Å². The van der Waals surface area contributed by atoms with Crippen LogP contribution in [0.1, 0.15) is 39.5 Å². The maximum atomic E-state index is 5.35. The van der Waals surface area contributed by atoms with Crippen molar-refractivity contribution in [3.63, 3.8) is 0 Å². The highest BCUT2D eigenvalue weighted by Crippen LogP contribution is 1.88. The number of rotatable bonds is 16. The van der Waals surface area contributed by atoms with E-state index in [0.717, 1.165) is 38.9 Å². The summed E-state index contributed by atoms with van der Waals surface area (Å²) in [4.78, 5) is 0. The number of ether oxygens (including phenoxy) is 4. The molecule has 0 atom stereocenters. The number of unbranched alkanes of at least 4 members (excludes halogenated alkanes) is 2. The molecule has 0 amide bonds. The molecule has 0 saturated heterocycles. The summed E-state index contributed by atoms with van der Waals surface area (Å²) in [5.74, 6) is 0. The summed E-state index contributed by atoms with van der Waals surface area (Å²) in [5, 5.41) is 4.08. The summed E-state index contributed by atoms with van der Waals surface area (Å²) >= 11 is 0. The first kappa shape index (κ1) is 18.8. The third-order valence-corrected chi connectivity index (χ3v) is 2.39. The maximum absolute atomic E-state index is 5.35. The minimum Gasteiger partial charge on any atom is -0.379 e. The molecule has 0 N–H and O–H groups in total. The van der Waals surface area contributed by atoms with Crippen LogP contribution in [0.25, 0.3) is 0 Å². The van der Waals surface area contributed by atoms with Gasteiger partial charge in [-0.1, -0.05) is 26.7 Å². The van der Waals surface area contributed by atoms with Crippen molar-refractivity contribution in [2.45, 2.75) is 39.5 Å². The molecule has 0 aromatic carbocycles. The van der Waals surface area contributed by atoms with Crippen molar-refractivity contribution < 1.29 is 18.9 Å². The molecule has 0 heterocycles. The second-order valence-corrected chi connectivity index (χ2v) is 4.23. The van der Waals surface area contributed by atoms with Gasteiger partial charge >= 0.3 is 0 Å². The molecular weight excluding hydrogens is 246 g/mol. The number of hydrogen-bond acceptors (Lipinski definition) is 4. The fourth-order valence-corrected chi connectivity index (χ4v) is 1.23. The Bertz CT molecular complexity index is 142. The largest absolute Gasteiger partial charge is 0.379 e. The lowest BCUT2D eigenvalue weighted by Gasteiger charge is -2.07. The number of hydrogen-bond donors (Lipinski definition) is 0. The molecule has 0 aliphatic rings. The van der Waals surface area contributed by atoms with Gasteiger partial charge in [0.1, 0.15) is 13.5 Å². The summed E-state index contributed by atoms with van der Waals surface area (Å²) in [7, 11) is 0. The molecule has 0 fully saturated rings. The van der Waals surface area contributed by atoms with Gasteiger partial charge in [0.25, 0.3) is 0 Å². The van der Waals surface area contributed by atoms with E-state index in [1.54, 1.807) is 0 Å². The predicted octanol–water partition coefficient (Wildman–Crippen LogP) is 2.17. The average molecular weight is 276 g/mol. The topological polar surface area (TPSA) is 51.0 Å². The first-order valence-corrected chi connectivity index (χ1v) is 7.36. The average Bonchev–Trinajstić information content (AvgIpc) is 2.43. The summed E-state index contributed by atoms with van der Waals surface area (Å²) in [5.41, 5.74) is 0. The van der Waals surface area contributed by atoms with Crippen LogP contribution in [0.3, 0.4) is 0 Å². The van der Waals surface area contributed by atoms with Crippen LogP contribution in [-0.4, -0.2) is 53.1 Å². The van der Waals surface area contributed by atoms with Gasteiger partial charge in [-0.3, -0.25) is 0 Å². The van der Waals surface area contributed by atoms with Crippen LogP contribution in [0.5, 0.6) is 0 Å². The van der Waals surface area contributed by atoms with Crippen LogP contribution >= 0.6 is 0 Å². The summed E-state index contributed by atoms with van der Waals surface area (Å²) in [6.07, 6.45) is 4.54. The van der Waals surface area contributed by atoms with Gasteiger partial charge in [-0.05, 0) is 12.8 Å². The zero-order valence-corrected chi connectivity index (χ0v) is 12.6. The molecule has 0 bridgehead atoms. The molecule has 0 spiro atoms. The van der Waals surface area contributed by atoms with E-state index in [1.807, 2.05) is 0 Å². The van der Waals surface area contributed by atoms with Crippen molar-refractivity contribution in [3.05, 3.63) is 0 Å². The second-order valence-electron chi connectivity index (χ2n) is 4.23. The zero-order valence-electron chi connectivity index (χ0n) is 12.6. The Kier molecular flexibility index (Phi) is 17.6. The van der Waals surface area contributed by atoms with Crippen molar-refractivity contribution in [1.29, 1.82) is 0 Å². The molecule has 1 radical (unpaired) electrons. The van der Waals surface area contributed by atoms with E-state index in [9.17, 15) is 0 Å². The molecule has 0 aromatic heterocycles. The molecule has 5 nitrogen and oxygen atoms in total. The molecule has 0 aliphatic heterocycles. The van der Waals surface area contributed by atoms with E-state index in [0.29, 0.717) is 39.9 Å². The number of nitrogens with zero attached hydrogens (tertiary/aromatic N) is 1. The Morgan fingerprint density at radius 1 is 0.579 bits per heavy atom. The highest BCUT2D eigenvalue weighted by Gasteiger charge is 1.92. The van der Waals surface area contributed by atoms with Crippen molar-refractivity contribution >= 4 is 0 Å². The Morgan fingerprint density at radius 3 is 1.42 bits per heavy atom. The monoisotopic (exact) mass is 276 g/mol. The fraction of sp³-hybridized carbons (Fsp3) is 1.00. The Labute approximate surface area is 117 Å². The molecule has 0 aromatic rings. The van der Waals surface area contributed by atoms with E-state index < -0.39 is 0 Å². The van der Waals surface area contributed by atoms with Crippen molar-refractivity contribution in [3.8, 4) is 0 Å². The lowest BCUT2D eigenvalue weighted by molar-refractivity contribution is 0.00580. The summed E-state index contributed by atoms with van der Waals surface area (Å²) in [6, 6.07) is 0. The van der Waals surface area contributed by atoms with E-state index in [-0.39, 0.29) is 0 Å². The van der Waals surface area contributed by atoms with Gasteiger partial charge in [0, 0.05) is 13.2 Å². The molecular formula is C14H30NO4. The van der Waals surface area contributed by atoms with Crippen LogP contribution in [0, 0.1) is 0 Å². The standard InChI is InChI=1S/C14H30NO4/c1-3-5-7-16-9-11-18-13-15-14-19-12-10-17-8-6-4-2/h3-14H2,1-2H3. The summed E-state index contributed by atoms with van der Waals surface area (Å²) < 4.78 is 21.2. The van der Waals surface area contributed by atoms with E-state index in [2.05, 4.69) is 19.2 Å². The van der Waals surface area contributed by atoms with Crippen LogP contribution in [-0.2, 0) is 18.9 Å². The molecule has 115 valence electrons.